The fraction of sp³-hybridized carbons (Fsp3) is 0.484. The summed E-state index contributed by atoms with van der Waals surface area (Å²) in [6.07, 6.45) is 0.0316. The van der Waals surface area contributed by atoms with Crippen LogP contribution in [0.2, 0.25) is 0 Å². The van der Waals surface area contributed by atoms with Gasteiger partial charge in [-0.25, -0.2) is 14.4 Å². The number of hydrogen-bond donors (Lipinski definition) is 4. The van der Waals surface area contributed by atoms with Crippen molar-refractivity contribution in [2.45, 2.75) is 84.6 Å². The van der Waals surface area contributed by atoms with E-state index in [1.807, 2.05) is 30.3 Å². The molecule has 0 spiro atoms. The average molecular weight is 586 g/mol. The van der Waals surface area contributed by atoms with Crippen LogP contribution in [0.15, 0.2) is 42.5 Å². The summed E-state index contributed by atoms with van der Waals surface area (Å²) in [4.78, 5) is 50.6. The molecule has 11 heteroatoms. The molecule has 0 radical (unpaired) electrons. The van der Waals surface area contributed by atoms with Crippen molar-refractivity contribution in [3.8, 4) is 5.75 Å². The minimum atomic E-state index is -1.09. The predicted octanol–water partition coefficient (Wildman–Crippen LogP) is 4.20. The van der Waals surface area contributed by atoms with Gasteiger partial charge in [-0.3, -0.25) is 4.79 Å². The molecule has 2 aromatic carbocycles. The number of amides is 3. The van der Waals surface area contributed by atoms with Gasteiger partial charge in [0.2, 0.25) is 5.91 Å². The molecule has 11 nitrogen and oxygen atoms in total. The first kappa shape index (κ1) is 33.9. The third kappa shape index (κ3) is 12.1. The van der Waals surface area contributed by atoms with E-state index in [1.54, 1.807) is 46.8 Å². The van der Waals surface area contributed by atoms with Crippen LogP contribution >= 0.6 is 0 Å². The fourth-order valence-corrected chi connectivity index (χ4v) is 4.25. The first-order chi connectivity index (χ1) is 19.8. The Labute approximate surface area is 247 Å². The normalized spacial score (nSPS) is 12.4. The van der Waals surface area contributed by atoms with Crippen LogP contribution in [-0.2, 0) is 36.8 Å². The number of esters is 1. The number of phenols is 1. The molecule has 2 atom stereocenters. The second-order valence-electron chi connectivity index (χ2n) is 11.0. The van der Waals surface area contributed by atoms with E-state index in [9.17, 15) is 24.3 Å². The molecule has 0 aliphatic carbocycles. The molecule has 0 bridgehead atoms. The summed E-state index contributed by atoms with van der Waals surface area (Å²) in [5.41, 5.74) is 2.42. The monoisotopic (exact) mass is 585 g/mol. The van der Waals surface area contributed by atoms with Crippen molar-refractivity contribution in [2.75, 3.05) is 13.7 Å². The van der Waals surface area contributed by atoms with Gasteiger partial charge in [0.1, 0.15) is 30.0 Å². The van der Waals surface area contributed by atoms with E-state index in [4.69, 9.17) is 14.2 Å². The number of aromatic hydroxyl groups is 1. The molecule has 2 aromatic rings. The third-order valence-corrected chi connectivity index (χ3v) is 6.30. The van der Waals surface area contributed by atoms with E-state index >= 15 is 0 Å². The van der Waals surface area contributed by atoms with Gasteiger partial charge in [-0.1, -0.05) is 30.3 Å². The van der Waals surface area contributed by atoms with Crippen LogP contribution < -0.4 is 16.0 Å². The Morgan fingerprint density at radius 2 is 1.55 bits per heavy atom. The second-order valence-corrected chi connectivity index (χ2v) is 11.0. The summed E-state index contributed by atoms with van der Waals surface area (Å²) < 4.78 is 15.4. The lowest BCUT2D eigenvalue weighted by Gasteiger charge is -2.23. The summed E-state index contributed by atoms with van der Waals surface area (Å²) >= 11 is 0. The van der Waals surface area contributed by atoms with Crippen molar-refractivity contribution in [1.82, 2.24) is 16.0 Å². The molecular formula is C31H43N3O8. The number of carbonyl (C=O) groups is 4. The van der Waals surface area contributed by atoms with Gasteiger partial charge in [0.05, 0.1) is 7.11 Å². The molecule has 0 unspecified atom stereocenters. The number of unbranched alkanes of at least 4 members (excludes halogenated alkanes) is 1. The summed E-state index contributed by atoms with van der Waals surface area (Å²) in [5.74, 6) is -1.14. The van der Waals surface area contributed by atoms with Crippen molar-refractivity contribution < 1.29 is 38.5 Å². The van der Waals surface area contributed by atoms with Crippen LogP contribution in [0.5, 0.6) is 5.75 Å². The number of rotatable bonds is 13. The number of hydrogen-bond acceptors (Lipinski definition) is 8. The Hall–Kier alpha value is -4.28. The van der Waals surface area contributed by atoms with Crippen molar-refractivity contribution >= 4 is 24.1 Å². The van der Waals surface area contributed by atoms with E-state index in [0.29, 0.717) is 19.4 Å². The quantitative estimate of drug-likeness (QED) is 0.155. The second kappa shape index (κ2) is 16.2. The summed E-state index contributed by atoms with van der Waals surface area (Å²) in [5, 5.41) is 17.9. The number of alkyl carbamates (subject to hydrolysis) is 2. The van der Waals surface area contributed by atoms with Crippen molar-refractivity contribution in [2.24, 2.45) is 0 Å². The molecule has 0 aromatic heterocycles. The minimum Gasteiger partial charge on any atom is -0.508 e. The third-order valence-electron chi connectivity index (χ3n) is 6.30. The molecule has 3 amide bonds. The number of benzene rings is 2. The van der Waals surface area contributed by atoms with Crippen LogP contribution in [0, 0.1) is 13.8 Å². The number of aryl methyl sites for hydroxylation is 2. The van der Waals surface area contributed by atoms with Gasteiger partial charge >= 0.3 is 18.2 Å². The van der Waals surface area contributed by atoms with E-state index in [1.165, 1.54) is 7.11 Å². The van der Waals surface area contributed by atoms with Gasteiger partial charge in [-0.05, 0) is 88.3 Å². The maximum atomic E-state index is 13.5. The summed E-state index contributed by atoms with van der Waals surface area (Å²) in [6.45, 7) is 9.25. The zero-order chi connectivity index (χ0) is 31.3. The molecule has 230 valence electrons. The van der Waals surface area contributed by atoms with E-state index in [-0.39, 0.29) is 25.2 Å². The van der Waals surface area contributed by atoms with Crippen LogP contribution in [0.3, 0.4) is 0 Å². The Balaban J connectivity index is 2.09. The van der Waals surface area contributed by atoms with Crippen molar-refractivity contribution in [1.29, 1.82) is 0 Å². The molecule has 0 saturated carbocycles. The molecule has 42 heavy (non-hydrogen) atoms. The molecule has 2 rings (SSSR count). The largest absolute Gasteiger partial charge is 0.508 e. The highest BCUT2D eigenvalue weighted by Crippen LogP contribution is 2.22. The molecule has 0 heterocycles. The Bertz CT molecular complexity index is 1190. The number of methoxy groups -OCH3 is 1. The molecule has 0 saturated heterocycles. The van der Waals surface area contributed by atoms with Crippen molar-refractivity contribution in [3.63, 3.8) is 0 Å². The zero-order valence-electron chi connectivity index (χ0n) is 25.2. The van der Waals surface area contributed by atoms with E-state index in [2.05, 4.69) is 16.0 Å². The van der Waals surface area contributed by atoms with Crippen LogP contribution in [0.4, 0.5) is 9.59 Å². The highest BCUT2D eigenvalue weighted by molar-refractivity contribution is 5.90. The van der Waals surface area contributed by atoms with Crippen LogP contribution in [0.25, 0.3) is 0 Å². The molecule has 4 N–H and O–H groups in total. The maximum Gasteiger partial charge on any atom is 0.408 e. The Kier molecular flexibility index (Phi) is 13.1. The van der Waals surface area contributed by atoms with Gasteiger partial charge in [0, 0.05) is 13.0 Å². The Morgan fingerprint density at radius 3 is 2.14 bits per heavy atom. The lowest BCUT2D eigenvalue weighted by molar-refractivity contribution is -0.145. The molecule has 0 fully saturated rings. The number of carbonyl (C=O) groups excluding carboxylic acids is 4. The first-order valence-corrected chi connectivity index (χ1v) is 13.9. The van der Waals surface area contributed by atoms with Gasteiger partial charge in [-0.15, -0.1) is 0 Å². The molecule has 0 aliphatic rings. The standard InChI is InChI=1S/C31H43N3O8/c1-20-16-23(35)17-21(2)24(20)18-26(34-30(39)41-19-22-12-8-7-9-13-22)27(36)33-25(28(37)40-6)14-10-11-15-32-29(38)42-31(3,4)5/h7-9,12-13,16-17,25-26,35H,10-11,14-15,18-19H2,1-6H3,(H,32,38)(H,33,36)(H,34,39)/t25-,26-/m0/s1. The Morgan fingerprint density at radius 1 is 0.905 bits per heavy atom. The van der Waals surface area contributed by atoms with E-state index in [0.717, 1.165) is 22.3 Å². The lowest BCUT2D eigenvalue weighted by Crippen LogP contribution is -2.53. The zero-order valence-corrected chi connectivity index (χ0v) is 25.2. The number of ether oxygens (including phenoxy) is 3. The first-order valence-electron chi connectivity index (χ1n) is 13.9. The number of nitrogens with one attached hydrogen (secondary N) is 3. The van der Waals surface area contributed by atoms with Gasteiger partial charge in [0.15, 0.2) is 0 Å². The minimum absolute atomic E-state index is 0.0143. The molecular weight excluding hydrogens is 542 g/mol. The fourth-order valence-electron chi connectivity index (χ4n) is 4.25. The van der Waals surface area contributed by atoms with Crippen LogP contribution in [0.1, 0.15) is 62.3 Å². The lowest BCUT2D eigenvalue weighted by atomic mass is 9.95. The average Bonchev–Trinajstić information content (AvgIpc) is 2.91. The van der Waals surface area contributed by atoms with Crippen molar-refractivity contribution in [3.05, 3.63) is 64.7 Å². The predicted molar refractivity (Wildman–Crippen MR) is 157 cm³/mol. The highest BCUT2D eigenvalue weighted by atomic mass is 16.6. The maximum absolute atomic E-state index is 13.5. The smallest absolute Gasteiger partial charge is 0.408 e. The molecule has 0 aliphatic heterocycles. The number of phenolic OH excluding ortho intramolecular Hbond substituents is 1. The van der Waals surface area contributed by atoms with E-state index < -0.39 is 41.7 Å². The SMILES string of the molecule is COC(=O)[C@H](CCCCNC(=O)OC(C)(C)C)NC(=O)[C@H](Cc1c(C)cc(O)cc1C)NC(=O)OCc1ccccc1. The van der Waals surface area contributed by atoms with Gasteiger partial charge < -0.3 is 35.3 Å². The van der Waals surface area contributed by atoms with Crippen LogP contribution in [-0.4, -0.2) is 60.5 Å². The van der Waals surface area contributed by atoms with Gasteiger partial charge in [0.25, 0.3) is 0 Å². The topological polar surface area (TPSA) is 152 Å². The van der Waals surface area contributed by atoms with Gasteiger partial charge in [-0.2, -0.15) is 0 Å². The summed E-state index contributed by atoms with van der Waals surface area (Å²) in [7, 11) is 1.23. The highest BCUT2D eigenvalue weighted by Gasteiger charge is 2.29. The summed E-state index contributed by atoms with van der Waals surface area (Å²) in [6, 6.07) is 10.2.